The van der Waals surface area contributed by atoms with Gasteiger partial charge in [0.05, 0.1) is 12.2 Å². The molecule has 0 aliphatic rings. The number of aromatic nitrogens is 3. The van der Waals surface area contributed by atoms with E-state index in [-0.39, 0.29) is 5.82 Å². The van der Waals surface area contributed by atoms with Crippen molar-refractivity contribution in [3.05, 3.63) is 96.1 Å². The Morgan fingerprint density at radius 1 is 0.967 bits per heavy atom. The first-order valence-electron chi connectivity index (χ1n) is 9.20. The van der Waals surface area contributed by atoms with E-state index in [1.807, 2.05) is 30.3 Å². The number of amides is 1. The molecule has 0 unspecified atom stereocenters. The number of hydrogen-bond acceptors (Lipinski definition) is 5. The van der Waals surface area contributed by atoms with Crippen LogP contribution in [0, 0.1) is 5.82 Å². The Morgan fingerprint density at radius 2 is 1.67 bits per heavy atom. The van der Waals surface area contributed by atoms with Gasteiger partial charge in [0.1, 0.15) is 5.82 Å². The van der Waals surface area contributed by atoms with Gasteiger partial charge in [0.25, 0.3) is 5.91 Å². The van der Waals surface area contributed by atoms with Crippen LogP contribution in [-0.2, 0) is 6.54 Å². The summed E-state index contributed by atoms with van der Waals surface area (Å²) in [5.74, 6) is 0.263. The highest BCUT2D eigenvalue weighted by Gasteiger charge is 2.13. The van der Waals surface area contributed by atoms with Crippen molar-refractivity contribution in [2.45, 2.75) is 6.54 Å². The lowest BCUT2D eigenvalue weighted by Crippen LogP contribution is -2.18. The summed E-state index contributed by atoms with van der Waals surface area (Å²) in [5.41, 5.74) is 4.28. The largest absolute Gasteiger partial charge is 0.378 e. The minimum atomic E-state index is -0.575. The molecule has 150 valence electrons. The molecule has 0 saturated heterocycles. The number of hydrogen-bond donors (Lipinski definition) is 3. The van der Waals surface area contributed by atoms with E-state index in [1.165, 1.54) is 12.1 Å². The number of nitrogens with zero attached hydrogens (tertiary/aromatic N) is 3. The summed E-state index contributed by atoms with van der Waals surface area (Å²) < 4.78 is 15.0. The summed E-state index contributed by atoms with van der Waals surface area (Å²) in [6.07, 6.45) is 0. The second-order valence-corrected chi connectivity index (χ2v) is 6.48. The fourth-order valence-electron chi connectivity index (χ4n) is 2.94. The maximum Gasteiger partial charge on any atom is 0.274 e. The van der Waals surface area contributed by atoms with Gasteiger partial charge in [0.15, 0.2) is 11.6 Å². The number of anilines is 1. The normalized spacial score (nSPS) is 10.6. The van der Waals surface area contributed by atoms with Crippen LogP contribution in [0.25, 0.3) is 17.1 Å². The smallest absolute Gasteiger partial charge is 0.274 e. The molecule has 3 aromatic carbocycles. The van der Waals surface area contributed by atoms with E-state index < -0.39 is 5.91 Å². The molecule has 30 heavy (non-hydrogen) atoms. The number of halogens is 1. The van der Waals surface area contributed by atoms with Crippen molar-refractivity contribution in [3.63, 3.8) is 0 Å². The van der Waals surface area contributed by atoms with Gasteiger partial charge in [0, 0.05) is 16.8 Å². The summed E-state index contributed by atoms with van der Waals surface area (Å²) in [6, 6.07) is 22.3. The molecule has 0 spiro atoms. The van der Waals surface area contributed by atoms with Crippen LogP contribution in [0.15, 0.2) is 78.9 Å². The van der Waals surface area contributed by atoms with Crippen molar-refractivity contribution in [2.75, 3.05) is 5.32 Å². The Kier molecular flexibility index (Phi) is 5.49. The number of hydroxylamine groups is 1. The monoisotopic (exact) mass is 403 g/mol. The van der Waals surface area contributed by atoms with E-state index in [4.69, 9.17) is 5.21 Å². The van der Waals surface area contributed by atoms with Gasteiger partial charge < -0.3 is 5.32 Å². The Balaban J connectivity index is 1.61. The number of carbonyl (C=O) groups is 1. The molecule has 3 N–H and O–H groups in total. The van der Waals surface area contributed by atoms with Gasteiger partial charge in [-0.2, -0.15) is 0 Å². The zero-order valence-electron chi connectivity index (χ0n) is 15.8. The van der Waals surface area contributed by atoms with E-state index in [1.54, 1.807) is 46.6 Å². The van der Waals surface area contributed by atoms with Crippen molar-refractivity contribution < 1.29 is 14.4 Å². The van der Waals surface area contributed by atoms with Gasteiger partial charge in [-0.05, 0) is 60.7 Å². The number of carbonyl (C=O) groups excluding carboxylic acids is 1. The molecule has 0 saturated carbocycles. The Hall–Kier alpha value is -4.04. The Labute approximate surface area is 171 Å². The Bertz CT molecular complexity index is 1140. The molecule has 1 amide bonds. The second-order valence-electron chi connectivity index (χ2n) is 6.48. The van der Waals surface area contributed by atoms with E-state index >= 15 is 0 Å². The fourth-order valence-corrected chi connectivity index (χ4v) is 2.94. The molecule has 1 heterocycles. The van der Waals surface area contributed by atoms with Gasteiger partial charge in [-0.3, -0.25) is 10.0 Å². The predicted octanol–water partition coefficient (Wildman–Crippen LogP) is 3.80. The van der Waals surface area contributed by atoms with Gasteiger partial charge in [0.2, 0.25) is 0 Å². The van der Waals surface area contributed by atoms with E-state index in [0.29, 0.717) is 29.3 Å². The molecule has 0 bridgehead atoms. The maximum absolute atomic E-state index is 13.3. The van der Waals surface area contributed by atoms with Crippen LogP contribution in [0.4, 0.5) is 10.1 Å². The summed E-state index contributed by atoms with van der Waals surface area (Å²) in [6.45, 7) is 0.370. The first kappa shape index (κ1) is 19.3. The van der Waals surface area contributed by atoms with Gasteiger partial charge >= 0.3 is 0 Å². The average Bonchev–Trinajstić information content (AvgIpc) is 3.23. The highest BCUT2D eigenvalue weighted by Crippen LogP contribution is 2.20. The van der Waals surface area contributed by atoms with Crippen LogP contribution in [0.2, 0.25) is 0 Å². The molecular formula is C22H18FN5O2. The van der Waals surface area contributed by atoms with Crippen LogP contribution < -0.4 is 10.8 Å². The van der Waals surface area contributed by atoms with E-state index in [9.17, 15) is 9.18 Å². The first-order chi connectivity index (χ1) is 14.6. The molecule has 7 nitrogen and oxygen atoms in total. The molecular weight excluding hydrogens is 385 g/mol. The molecule has 0 fully saturated rings. The minimum absolute atomic E-state index is 0.318. The number of benzene rings is 3. The summed E-state index contributed by atoms with van der Waals surface area (Å²) in [7, 11) is 0. The third-order valence-electron chi connectivity index (χ3n) is 4.48. The Morgan fingerprint density at radius 3 is 2.33 bits per heavy atom. The quantitative estimate of drug-likeness (QED) is 0.336. The molecule has 0 aliphatic heterocycles. The van der Waals surface area contributed by atoms with Crippen LogP contribution in [0.5, 0.6) is 0 Å². The highest BCUT2D eigenvalue weighted by atomic mass is 19.1. The number of para-hydroxylation sites is 1. The second kappa shape index (κ2) is 8.54. The predicted molar refractivity (Wildman–Crippen MR) is 110 cm³/mol. The molecule has 0 atom stereocenters. The van der Waals surface area contributed by atoms with E-state index in [2.05, 4.69) is 15.4 Å². The maximum atomic E-state index is 13.3. The summed E-state index contributed by atoms with van der Waals surface area (Å²) in [4.78, 5) is 16.1. The van der Waals surface area contributed by atoms with Gasteiger partial charge in [-0.25, -0.2) is 19.5 Å². The van der Waals surface area contributed by atoms with Crippen molar-refractivity contribution in [1.82, 2.24) is 20.2 Å². The van der Waals surface area contributed by atoms with Crippen LogP contribution in [0.3, 0.4) is 0 Å². The highest BCUT2D eigenvalue weighted by molar-refractivity contribution is 5.93. The molecule has 4 rings (SSSR count). The summed E-state index contributed by atoms with van der Waals surface area (Å²) >= 11 is 0. The zero-order valence-corrected chi connectivity index (χ0v) is 15.8. The third kappa shape index (κ3) is 4.18. The molecule has 0 radical (unpaired) electrons. The van der Waals surface area contributed by atoms with Crippen molar-refractivity contribution in [1.29, 1.82) is 0 Å². The molecule has 4 aromatic rings. The van der Waals surface area contributed by atoms with Crippen LogP contribution in [0.1, 0.15) is 16.2 Å². The standard InChI is InChI=1S/C22H18FN5O2/c23-17-10-6-15(7-11-17)21-25-20(28(26-21)19-4-2-1-3-5-19)14-24-18-12-8-16(9-13-18)22(29)27-30/h1-13,24,30H,14H2,(H,27,29). The van der Waals surface area contributed by atoms with E-state index in [0.717, 1.165) is 11.4 Å². The molecule has 0 aliphatic carbocycles. The molecule has 8 heteroatoms. The first-order valence-corrected chi connectivity index (χ1v) is 9.20. The molecule has 1 aromatic heterocycles. The van der Waals surface area contributed by atoms with Crippen molar-refractivity contribution >= 4 is 11.6 Å². The van der Waals surface area contributed by atoms with Crippen molar-refractivity contribution in [2.24, 2.45) is 0 Å². The third-order valence-corrected chi connectivity index (χ3v) is 4.48. The zero-order chi connectivity index (χ0) is 20.9. The lowest BCUT2D eigenvalue weighted by atomic mass is 10.2. The average molecular weight is 403 g/mol. The number of rotatable bonds is 6. The lowest BCUT2D eigenvalue weighted by molar-refractivity contribution is 0.0706. The minimum Gasteiger partial charge on any atom is -0.378 e. The lowest BCUT2D eigenvalue weighted by Gasteiger charge is -2.08. The number of nitrogens with one attached hydrogen (secondary N) is 2. The van der Waals surface area contributed by atoms with Gasteiger partial charge in [-0.15, -0.1) is 5.10 Å². The summed E-state index contributed by atoms with van der Waals surface area (Å²) in [5, 5.41) is 16.6. The topological polar surface area (TPSA) is 92.1 Å². The van der Waals surface area contributed by atoms with Crippen LogP contribution >= 0.6 is 0 Å². The fraction of sp³-hybridized carbons (Fsp3) is 0.0455. The van der Waals surface area contributed by atoms with Crippen LogP contribution in [-0.4, -0.2) is 25.9 Å². The SMILES string of the molecule is O=C(NO)c1ccc(NCc2nc(-c3ccc(F)cc3)nn2-c2ccccc2)cc1. The van der Waals surface area contributed by atoms with Crippen molar-refractivity contribution in [3.8, 4) is 17.1 Å². The van der Waals surface area contributed by atoms with Gasteiger partial charge in [-0.1, -0.05) is 18.2 Å².